The van der Waals surface area contributed by atoms with Crippen molar-refractivity contribution in [3.8, 4) is 5.75 Å². The molecule has 1 rings (SSSR count). The van der Waals surface area contributed by atoms with Crippen molar-refractivity contribution >= 4 is 5.69 Å². The van der Waals surface area contributed by atoms with Crippen LogP contribution in [0.1, 0.15) is 25.0 Å². The molecule has 0 aliphatic rings. The van der Waals surface area contributed by atoms with Gasteiger partial charge in [-0.2, -0.15) is 0 Å². The largest absolute Gasteiger partial charge is 0.493 e. The van der Waals surface area contributed by atoms with Gasteiger partial charge in [0.1, 0.15) is 5.75 Å². The van der Waals surface area contributed by atoms with Crippen molar-refractivity contribution in [3.63, 3.8) is 0 Å². The maximum atomic E-state index is 10.9. The van der Waals surface area contributed by atoms with Gasteiger partial charge in [0, 0.05) is 19.6 Å². The van der Waals surface area contributed by atoms with Gasteiger partial charge in [-0.15, -0.1) is 0 Å². The molecule has 7 heteroatoms. The molecule has 0 fully saturated rings. The molecule has 7 nitrogen and oxygen atoms in total. The van der Waals surface area contributed by atoms with Crippen LogP contribution in [0.3, 0.4) is 0 Å². The fourth-order valence-corrected chi connectivity index (χ4v) is 1.57. The molecule has 0 saturated carbocycles. The van der Waals surface area contributed by atoms with Gasteiger partial charge in [0.15, 0.2) is 0 Å². The maximum Gasteiger partial charge on any atom is 0.275 e. The minimum atomic E-state index is -0.434. The van der Waals surface area contributed by atoms with E-state index in [1.807, 2.05) is 0 Å². The van der Waals surface area contributed by atoms with Gasteiger partial charge in [-0.25, -0.2) is 5.90 Å². The van der Waals surface area contributed by atoms with E-state index in [2.05, 4.69) is 4.84 Å². The zero-order chi connectivity index (χ0) is 14.3. The normalized spacial score (nSPS) is 12.2. The zero-order valence-electron chi connectivity index (χ0n) is 11.0. The molecule has 0 heterocycles. The molecule has 2 N–H and O–H groups in total. The fourth-order valence-electron chi connectivity index (χ4n) is 1.57. The Hall–Kier alpha value is -1.70. The third kappa shape index (κ3) is 4.47. The molecule has 1 atom stereocenters. The molecular weight excluding hydrogens is 252 g/mol. The molecule has 19 heavy (non-hydrogen) atoms. The van der Waals surface area contributed by atoms with E-state index >= 15 is 0 Å². The summed E-state index contributed by atoms with van der Waals surface area (Å²) in [4.78, 5) is 14.9. The summed E-state index contributed by atoms with van der Waals surface area (Å²) in [6.07, 6.45) is 0.263. The summed E-state index contributed by atoms with van der Waals surface area (Å²) in [6, 6.07) is 4.60. The van der Waals surface area contributed by atoms with Crippen molar-refractivity contribution in [1.82, 2.24) is 0 Å². The van der Waals surface area contributed by atoms with E-state index in [-0.39, 0.29) is 11.8 Å². The lowest BCUT2D eigenvalue weighted by molar-refractivity contribution is -0.386. The molecule has 0 saturated heterocycles. The second-order valence-electron chi connectivity index (χ2n) is 3.93. The van der Waals surface area contributed by atoms with Crippen molar-refractivity contribution in [3.05, 3.63) is 33.9 Å². The topological polar surface area (TPSA) is 96.8 Å². The Morgan fingerprint density at radius 2 is 2.16 bits per heavy atom. The van der Waals surface area contributed by atoms with Crippen LogP contribution in [-0.4, -0.2) is 25.2 Å². The Morgan fingerprint density at radius 3 is 2.74 bits per heavy atom. The Bertz CT molecular complexity index is 425. The molecule has 106 valence electrons. The van der Waals surface area contributed by atoms with Crippen molar-refractivity contribution in [1.29, 1.82) is 0 Å². The Balaban J connectivity index is 2.82. The summed E-state index contributed by atoms with van der Waals surface area (Å²) >= 11 is 0. The highest BCUT2D eigenvalue weighted by atomic mass is 16.6. The lowest BCUT2D eigenvalue weighted by Gasteiger charge is -2.12. The van der Waals surface area contributed by atoms with E-state index in [0.29, 0.717) is 30.9 Å². The van der Waals surface area contributed by atoms with Crippen LogP contribution in [0.15, 0.2) is 18.2 Å². The van der Waals surface area contributed by atoms with Crippen molar-refractivity contribution < 1.29 is 19.2 Å². The van der Waals surface area contributed by atoms with Gasteiger partial charge in [0.05, 0.1) is 29.8 Å². The van der Waals surface area contributed by atoms with Gasteiger partial charge in [-0.3, -0.25) is 10.1 Å². The third-order valence-electron chi connectivity index (χ3n) is 2.66. The monoisotopic (exact) mass is 270 g/mol. The lowest BCUT2D eigenvalue weighted by Crippen LogP contribution is -2.07. The van der Waals surface area contributed by atoms with Crippen LogP contribution in [0.2, 0.25) is 0 Å². The molecule has 0 spiro atoms. The average Bonchev–Trinajstić information content (AvgIpc) is 2.42. The van der Waals surface area contributed by atoms with Crippen LogP contribution in [0.4, 0.5) is 5.69 Å². The highest BCUT2D eigenvalue weighted by Gasteiger charge is 2.19. The van der Waals surface area contributed by atoms with Crippen LogP contribution in [0, 0.1) is 10.1 Å². The van der Waals surface area contributed by atoms with Gasteiger partial charge in [0.25, 0.3) is 5.69 Å². The molecule has 0 aliphatic carbocycles. The number of nitrogens with two attached hydrogens (primary N) is 1. The summed E-state index contributed by atoms with van der Waals surface area (Å²) in [5.41, 5.74) is 0.507. The van der Waals surface area contributed by atoms with E-state index in [4.69, 9.17) is 15.4 Å². The van der Waals surface area contributed by atoms with E-state index in [1.165, 1.54) is 13.2 Å². The van der Waals surface area contributed by atoms with E-state index < -0.39 is 4.92 Å². The number of nitrogens with zero attached hydrogens (tertiary/aromatic N) is 1. The highest BCUT2D eigenvalue weighted by Crippen LogP contribution is 2.30. The maximum absolute atomic E-state index is 10.9. The summed E-state index contributed by atoms with van der Waals surface area (Å²) in [6.45, 7) is 2.57. The molecule has 0 amide bonds. The van der Waals surface area contributed by atoms with Gasteiger partial charge in [-0.1, -0.05) is 0 Å². The van der Waals surface area contributed by atoms with Crippen LogP contribution >= 0.6 is 0 Å². The first-order valence-electron chi connectivity index (χ1n) is 5.85. The van der Waals surface area contributed by atoms with Gasteiger partial charge >= 0.3 is 0 Å². The minimum Gasteiger partial charge on any atom is -0.493 e. The van der Waals surface area contributed by atoms with Crippen molar-refractivity contribution in [2.24, 2.45) is 5.90 Å². The number of hydrogen-bond donors (Lipinski definition) is 1. The third-order valence-corrected chi connectivity index (χ3v) is 2.66. The molecule has 0 radical (unpaired) electrons. The number of benzene rings is 1. The first-order valence-corrected chi connectivity index (χ1v) is 5.85. The number of hydrogen-bond acceptors (Lipinski definition) is 6. The molecule has 0 bridgehead atoms. The molecule has 1 aromatic carbocycles. The zero-order valence-corrected chi connectivity index (χ0v) is 11.0. The van der Waals surface area contributed by atoms with Gasteiger partial charge in [0.2, 0.25) is 0 Å². The second-order valence-corrected chi connectivity index (χ2v) is 3.93. The lowest BCUT2D eigenvalue weighted by atomic mass is 10.1. The van der Waals surface area contributed by atoms with Gasteiger partial charge < -0.3 is 14.3 Å². The van der Waals surface area contributed by atoms with E-state index in [9.17, 15) is 10.1 Å². The Morgan fingerprint density at radius 1 is 1.42 bits per heavy atom. The molecule has 1 unspecified atom stereocenters. The smallest absolute Gasteiger partial charge is 0.275 e. The van der Waals surface area contributed by atoms with Crippen molar-refractivity contribution in [2.75, 3.05) is 20.3 Å². The average molecular weight is 270 g/mol. The molecular formula is C12H18N2O5. The fraction of sp³-hybridized carbons (Fsp3) is 0.500. The van der Waals surface area contributed by atoms with E-state index in [1.54, 1.807) is 19.1 Å². The first-order chi connectivity index (χ1) is 9.10. The number of nitro benzene ring substituents is 1. The SMILES string of the molecule is COC(C)c1cc(OCCCON)ccc1[N+](=O)[O-]. The molecule has 0 aromatic heterocycles. The number of nitro groups is 1. The summed E-state index contributed by atoms with van der Waals surface area (Å²) in [5.74, 6) is 5.45. The number of methoxy groups -OCH3 is 1. The minimum absolute atomic E-state index is 0.0204. The first kappa shape index (κ1) is 15.4. The summed E-state index contributed by atoms with van der Waals surface area (Å²) in [5, 5.41) is 10.9. The number of rotatable bonds is 8. The van der Waals surface area contributed by atoms with Crippen LogP contribution < -0.4 is 10.6 Å². The Labute approximate surface area is 111 Å². The summed E-state index contributed by atoms with van der Waals surface area (Å²) in [7, 11) is 1.50. The standard InChI is InChI=1S/C12H18N2O5/c1-9(17-2)11-8-10(18-6-3-7-19-13)4-5-12(11)14(15)16/h4-5,8-9H,3,6-7,13H2,1-2H3. The molecule has 1 aromatic rings. The van der Waals surface area contributed by atoms with Crippen molar-refractivity contribution in [2.45, 2.75) is 19.4 Å². The van der Waals surface area contributed by atoms with Crippen LogP contribution in [0.25, 0.3) is 0 Å². The van der Waals surface area contributed by atoms with Crippen LogP contribution in [-0.2, 0) is 9.57 Å². The van der Waals surface area contributed by atoms with Crippen LogP contribution in [0.5, 0.6) is 5.75 Å². The highest BCUT2D eigenvalue weighted by molar-refractivity contribution is 5.46. The quantitative estimate of drug-likeness (QED) is 0.440. The molecule has 0 aliphatic heterocycles. The van der Waals surface area contributed by atoms with Gasteiger partial charge in [-0.05, 0) is 19.1 Å². The predicted molar refractivity (Wildman–Crippen MR) is 68.8 cm³/mol. The Kier molecular flexibility index (Phi) is 6.20. The summed E-state index contributed by atoms with van der Waals surface area (Å²) < 4.78 is 10.6. The predicted octanol–water partition coefficient (Wildman–Crippen LogP) is 1.96. The number of ether oxygens (including phenoxy) is 2. The second kappa shape index (κ2) is 7.67. The van der Waals surface area contributed by atoms with E-state index in [0.717, 1.165) is 0 Å².